The third kappa shape index (κ3) is 4.35. The topological polar surface area (TPSA) is 51.8 Å². The summed E-state index contributed by atoms with van der Waals surface area (Å²) >= 11 is 0. The number of fused-ring (bicyclic) bond motifs is 5. The number of rotatable bonds is 4. The first kappa shape index (κ1) is 25.4. The van der Waals surface area contributed by atoms with Gasteiger partial charge in [0.25, 0.3) is 0 Å². The summed E-state index contributed by atoms with van der Waals surface area (Å²) in [5.41, 5.74) is 6.79. The van der Waals surface area contributed by atoms with Crippen molar-refractivity contribution < 1.29 is 4.42 Å². The monoisotopic (exact) mass is 575 g/mol. The highest BCUT2D eigenvalue weighted by atomic mass is 16.3. The molecule has 2 heterocycles. The molecule has 0 aliphatic carbocycles. The first-order chi connectivity index (χ1) is 22.3. The van der Waals surface area contributed by atoms with Crippen LogP contribution in [0.25, 0.3) is 88.8 Å². The molecule has 45 heavy (non-hydrogen) atoms. The van der Waals surface area contributed by atoms with Gasteiger partial charge in [-0.05, 0) is 63.0 Å². The first-order valence-corrected chi connectivity index (χ1v) is 15.0. The van der Waals surface area contributed by atoms with E-state index in [1.165, 1.54) is 21.9 Å². The van der Waals surface area contributed by atoms with Crippen LogP contribution in [0, 0.1) is 0 Å². The molecule has 0 fully saturated rings. The van der Waals surface area contributed by atoms with E-state index >= 15 is 0 Å². The Morgan fingerprint density at radius 1 is 0.333 bits per heavy atom. The Morgan fingerprint density at radius 3 is 1.78 bits per heavy atom. The molecule has 4 heteroatoms. The van der Waals surface area contributed by atoms with Crippen molar-refractivity contribution in [3.63, 3.8) is 0 Å². The number of aromatic nitrogens is 3. The maximum Gasteiger partial charge on any atom is 0.164 e. The molecule has 2 aromatic heterocycles. The third-order valence-electron chi connectivity index (χ3n) is 8.53. The van der Waals surface area contributed by atoms with E-state index in [0.29, 0.717) is 17.5 Å². The van der Waals surface area contributed by atoms with E-state index in [-0.39, 0.29) is 0 Å². The lowest BCUT2D eigenvalue weighted by molar-refractivity contribution is 0.669. The average Bonchev–Trinajstić information content (AvgIpc) is 3.49. The second kappa shape index (κ2) is 10.2. The Bertz CT molecular complexity index is 2550. The summed E-state index contributed by atoms with van der Waals surface area (Å²) in [5.74, 6) is 1.86. The van der Waals surface area contributed by atoms with Gasteiger partial charge >= 0.3 is 0 Å². The number of nitrogens with zero attached hydrogens (tertiary/aromatic N) is 3. The Kier molecular flexibility index (Phi) is 5.78. The molecule has 0 bridgehead atoms. The SMILES string of the molecule is c1ccc(-c2nc(-c3ccc4c(c3)oc3ccccc34)nc(-c3ccc(-c4ccc5ccccc5c4)c4ccccc34)n2)cc1. The molecule has 0 N–H and O–H groups in total. The summed E-state index contributed by atoms with van der Waals surface area (Å²) in [7, 11) is 0. The van der Waals surface area contributed by atoms with Crippen LogP contribution in [0.3, 0.4) is 0 Å². The largest absolute Gasteiger partial charge is 0.456 e. The fourth-order valence-corrected chi connectivity index (χ4v) is 6.31. The lowest BCUT2D eigenvalue weighted by Crippen LogP contribution is -2.00. The molecule has 210 valence electrons. The maximum absolute atomic E-state index is 6.21. The molecule has 0 unspecified atom stereocenters. The van der Waals surface area contributed by atoms with Gasteiger partial charge in [0.15, 0.2) is 17.5 Å². The fraction of sp³-hybridized carbons (Fsp3) is 0. The number of hydrogen-bond donors (Lipinski definition) is 0. The van der Waals surface area contributed by atoms with Gasteiger partial charge in [-0.3, -0.25) is 0 Å². The number of benzene rings is 7. The molecular weight excluding hydrogens is 550 g/mol. The second-order valence-electron chi connectivity index (χ2n) is 11.2. The van der Waals surface area contributed by atoms with Crippen LogP contribution in [0.15, 0.2) is 156 Å². The van der Waals surface area contributed by atoms with Crippen molar-refractivity contribution in [3.05, 3.63) is 152 Å². The van der Waals surface area contributed by atoms with Crippen molar-refractivity contribution in [2.45, 2.75) is 0 Å². The van der Waals surface area contributed by atoms with Gasteiger partial charge < -0.3 is 4.42 Å². The summed E-state index contributed by atoms with van der Waals surface area (Å²) in [6.45, 7) is 0. The lowest BCUT2D eigenvalue weighted by atomic mass is 9.93. The highest BCUT2D eigenvalue weighted by molar-refractivity contribution is 6.06. The Hall–Kier alpha value is -6.13. The molecular formula is C41H25N3O. The summed E-state index contributed by atoms with van der Waals surface area (Å²) < 4.78 is 6.21. The number of furan rings is 1. The highest BCUT2D eigenvalue weighted by Crippen LogP contribution is 2.37. The minimum atomic E-state index is 0.601. The molecule has 0 spiro atoms. The molecule has 0 saturated carbocycles. The van der Waals surface area contributed by atoms with E-state index in [1.807, 2.05) is 54.6 Å². The van der Waals surface area contributed by atoms with Crippen LogP contribution in [-0.2, 0) is 0 Å². The van der Waals surface area contributed by atoms with E-state index in [0.717, 1.165) is 49.4 Å². The van der Waals surface area contributed by atoms with Crippen LogP contribution in [0.5, 0.6) is 0 Å². The van der Waals surface area contributed by atoms with E-state index in [9.17, 15) is 0 Å². The summed E-state index contributed by atoms with van der Waals surface area (Å²) in [5, 5.41) is 6.86. The summed E-state index contributed by atoms with van der Waals surface area (Å²) in [6.07, 6.45) is 0. The van der Waals surface area contributed by atoms with Crippen molar-refractivity contribution in [1.29, 1.82) is 0 Å². The minimum absolute atomic E-state index is 0.601. The van der Waals surface area contributed by atoms with E-state index in [4.69, 9.17) is 19.4 Å². The molecule has 9 rings (SSSR count). The van der Waals surface area contributed by atoms with Gasteiger partial charge in [0.05, 0.1) is 0 Å². The fourth-order valence-electron chi connectivity index (χ4n) is 6.31. The molecule has 0 aliphatic heterocycles. The normalized spacial score (nSPS) is 11.6. The Morgan fingerprint density at radius 2 is 0.933 bits per heavy atom. The zero-order chi connectivity index (χ0) is 29.7. The van der Waals surface area contributed by atoms with Crippen LogP contribution >= 0.6 is 0 Å². The van der Waals surface area contributed by atoms with Gasteiger partial charge in [0.1, 0.15) is 11.2 Å². The zero-order valence-electron chi connectivity index (χ0n) is 24.2. The third-order valence-corrected chi connectivity index (χ3v) is 8.53. The van der Waals surface area contributed by atoms with Gasteiger partial charge in [0.2, 0.25) is 0 Å². The van der Waals surface area contributed by atoms with E-state index < -0.39 is 0 Å². The molecule has 0 amide bonds. The summed E-state index contributed by atoms with van der Waals surface area (Å²) in [4.78, 5) is 15.1. The number of para-hydroxylation sites is 1. The number of hydrogen-bond acceptors (Lipinski definition) is 4. The lowest BCUT2D eigenvalue weighted by Gasteiger charge is -2.13. The van der Waals surface area contributed by atoms with Crippen LogP contribution in [0.4, 0.5) is 0 Å². The van der Waals surface area contributed by atoms with Crippen molar-refractivity contribution in [1.82, 2.24) is 15.0 Å². The molecule has 4 nitrogen and oxygen atoms in total. The Labute approximate surface area is 259 Å². The van der Waals surface area contributed by atoms with Crippen LogP contribution in [0.2, 0.25) is 0 Å². The van der Waals surface area contributed by atoms with Gasteiger partial charge in [-0.15, -0.1) is 0 Å². The molecule has 9 aromatic rings. The molecule has 0 aliphatic rings. The first-order valence-electron chi connectivity index (χ1n) is 15.0. The molecule has 0 saturated heterocycles. The standard InChI is InChI=1S/C41H25N3O/c1-2-11-27(12-3-1)39-42-40(30-20-21-35-34-16-8-9-17-37(34)45-38(35)25-30)44-41(43-39)36-23-22-31(32-14-6-7-15-33(32)36)29-19-18-26-10-4-5-13-28(26)24-29/h1-25H. The Balaban J connectivity index is 1.24. The van der Waals surface area contributed by atoms with Gasteiger partial charge in [-0.2, -0.15) is 0 Å². The van der Waals surface area contributed by atoms with Crippen molar-refractivity contribution >= 4 is 43.5 Å². The quantitative estimate of drug-likeness (QED) is 0.209. The van der Waals surface area contributed by atoms with E-state index in [2.05, 4.69) is 97.1 Å². The predicted octanol–water partition coefficient (Wildman–Crippen LogP) is 10.7. The van der Waals surface area contributed by atoms with Crippen molar-refractivity contribution in [2.75, 3.05) is 0 Å². The average molecular weight is 576 g/mol. The van der Waals surface area contributed by atoms with Crippen LogP contribution < -0.4 is 0 Å². The van der Waals surface area contributed by atoms with E-state index in [1.54, 1.807) is 0 Å². The minimum Gasteiger partial charge on any atom is -0.456 e. The van der Waals surface area contributed by atoms with Gasteiger partial charge in [0, 0.05) is 27.5 Å². The zero-order valence-corrected chi connectivity index (χ0v) is 24.2. The van der Waals surface area contributed by atoms with Crippen molar-refractivity contribution in [3.8, 4) is 45.3 Å². The molecule has 7 aromatic carbocycles. The molecule has 0 radical (unpaired) electrons. The van der Waals surface area contributed by atoms with Crippen LogP contribution in [-0.4, -0.2) is 15.0 Å². The van der Waals surface area contributed by atoms with Gasteiger partial charge in [-0.25, -0.2) is 15.0 Å². The maximum atomic E-state index is 6.21. The van der Waals surface area contributed by atoms with Crippen molar-refractivity contribution in [2.24, 2.45) is 0 Å². The predicted molar refractivity (Wildman–Crippen MR) is 184 cm³/mol. The van der Waals surface area contributed by atoms with Gasteiger partial charge in [-0.1, -0.05) is 121 Å². The van der Waals surface area contributed by atoms with Crippen LogP contribution in [0.1, 0.15) is 0 Å². The summed E-state index contributed by atoms with van der Waals surface area (Å²) in [6, 6.07) is 52.3. The highest BCUT2D eigenvalue weighted by Gasteiger charge is 2.17. The second-order valence-corrected chi connectivity index (χ2v) is 11.2. The smallest absolute Gasteiger partial charge is 0.164 e. The molecule has 0 atom stereocenters.